The van der Waals surface area contributed by atoms with Crippen molar-refractivity contribution >= 4 is 34.6 Å². The summed E-state index contributed by atoms with van der Waals surface area (Å²) < 4.78 is 10.1. The van der Waals surface area contributed by atoms with Gasteiger partial charge in [-0.05, 0) is 43.4 Å². The lowest BCUT2D eigenvalue weighted by atomic mass is 10.1. The first-order chi connectivity index (χ1) is 12.9. The van der Waals surface area contributed by atoms with Crippen molar-refractivity contribution in [1.29, 1.82) is 0 Å². The van der Waals surface area contributed by atoms with E-state index in [0.29, 0.717) is 16.1 Å². The van der Waals surface area contributed by atoms with Gasteiger partial charge in [0.25, 0.3) is 5.91 Å². The molecule has 0 saturated heterocycles. The zero-order valence-corrected chi connectivity index (χ0v) is 15.7. The number of hydrogen-bond acceptors (Lipinski definition) is 7. The molecule has 0 atom stereocenters. The minimum Gasteiger partial charge on any atom is -0.490 e. The number of anilines is 1. The Balaban J connectivity index is 1.62. The van der Waals surface area contributed by atoms with Crippen molar-refractivity contribution < 1.29 is 24.0 Å². The van der Waals surface area contributed by atoms with E-state index in [-0.39, 0.29) is 11.4 Å². The average Bonchev–Trinajstić information content (AvgIpc) is 3.22. The third-order valence-corrected chi connectivity index (χ3v) is 5.50. The molecule has 1 N–H and O–H groups in total. The molecule has 0 unspecified atom stereocenters. The van der Waals surface area contributed by atoms with Crippen molar-refractivity contribution in [3.05, 3.63) is 49.2 Å². The molecule has 0 aliphatic heterocycles. The van der Waals surface area contributed by atoms with E-state index in [0.717, 1.165) is 19.3 Å². The van der Waals surface area contributed by atoms with Crippen LogP contribution in [0.1, 0.15) is 32.1 Å². The Labute approximate surface area is 159 Å². The third-order valence-electron chi connectivity index (χ3n) is 4.28. The van der Waals surface area contributed by atoms with Gasteiger partial charge < -0.3 is 14.8 Å². The lowest BCUT2D eigenvalue weighted by Gasteiger charge is -2.11. The number of nitro benzene ring substituents is 1. The minimum absolute atomic E-state index is 0.0333. The fourth-order valence-corrected chi connectivity index (χ4v) is 4.08. The summed E-state index contributed by atoms with van der Waals surface area (Å²) in [6, 6.07) is 4.52. The molecule has 9 heteroatoms. The van der Waals surface area contributed by atoms with Crippen LogP contribution >= 0.6 is 11.3 Å². The van der Waals surface area contributed by atoms with Crippen LogP contribution in [0, 0.1) is 17.0 Å². The van der Waals surface area contributed by atoms with Crippen LogP contribution in [-0.4, -0.2) is 30.5 Å². The Morgan fingerprint density at radius 3 is 2.74 bits per heavy atom. The molecule has 8 nitrogen and oxygen atoms in total. The molecule has 0 saturated carbocycles. The third kappa shape index (κ3) is 4.08. The van der Waals surface area contributed by atoms with Crippen molar-refractivity contribution in [2.45, 2.75) is 26.2 Å². The van der Waals surface area contributed by atoms with Gasteiger partial charge in [-0.15, -0.1) is 11.3 Å². The van der Waals surface area contributed by atoms with Gasteiger partial charge in [0, 0.05) is 22.7 Å². The monoisotopic (exact) mass is 390 g/mol. The number of amides is 1. The first-order valence-electron chi connectivity index (χ1n) is 8.30. The van der Waals surface area contributed by atoms with Crippen molar-refractivity contribution in [2.24, 2.45) is 0 Å². The summed E-state index contributed by atoms with van der Waals surface area (Å²) in [4.78, 5) is 36.4. The standard InChI is InChI=1S/C18H18N2O6S/c1-10-6-13(20(23)24)14(25-2)8-12(10)19-17(21)9-26-18(22)16-7-11-4-3-5-15(11)27-16/h6-8H,3-5,9H2,1-2H3,(H,19,21). The summed E-state index contributed by atoms with van der Waals surface area (Å²) in [5, 5.41) is 13.6. The molecule has 1 heterocycles. The highest BCUT2D eigenvalue weighted by Crippen LogP contribution is 2.33. The van der Waals surface area contributed by atoms with Crippen LogP contribution < -0.4 is 10.1 Å². The van der Waals surface area contributed by atoms with Gasteiger partial charge in [0.2, 0.25) is 0 Å². The summed E-state index contributed by atoms with van der Waals surface area (Å²) in [6.07, 6.45) is 3.06. The molecule has 2 aromatic rings. The first-order valence-corrected chi connectivity index (χ1v) is 9.12. The van der Waals surface area contributed by atoms with Gasteiger partial charge in [-0.1, -0.05) is 0 Å². The molecule has 1 aromatic heterocycles. The molecule has 27 heavy (non-hydrogen) atoms. The Kier molecular flexibility index (Phi) is 5.41. The molecule has 1 aromatic carbocycles. The SMILES string of the molecule is COc1cc(NC(=O)COC(=O)c2cc3c(s2)CCC3)c(C)cc1[N+](=O)[O-]. The maximum atomic E-state index is 12.1. The number of methoxy groups -OCH3 is 1. The lowest BCUT2D eigenvalue weighted by molar-refractivity contribution is -0.385. The zero-order chi connectivity index (χ0) is 19.6. The maximum absolute atomic E-state index is 12.1. The number of nitrogens with zero attached hydrogens (tertiary/aromatic N) is 1. The number of ether oxygens (including phenoxy) is 2. The molecule has 1 amide bonds. The number of hydrogen-bond donors (Lipinski definition) is 1. The van der Waals surface area contributed by atoms with E-state index in [1.807, 2.05) is 6.07 Å². The molecular formula is C18H18N2O6S. The van der Waals surface area contributed by atoms with Gasteiger partial charge in [0.1, 0.15) is 4.88 Å². The van der Waals surface area contributed by atoms with E-state index in [1.54, 1.807) is 6.92 Å². The largest absolute Gasteiger partial charge is 0.490 e. The Morgan fingerprint density at radius 2 is 2.07 bits per heavy atom. The Morgan fingerprint density at radius 1 is 1.30 bits per heavy atom. The number of esters is 1. The van der Waals surface area contributed by atoms with E-state index in [1.165, 1.54) is 41.0 Å². The number of fused-ring (bicyclic) bond motifs is 1. The minimum atomic E-state index is -0.558. The molecule has 0 spiro atoms. The van der Waals surface area contributed by atoms with Gasteiger partial charge in [0.15, 0.2) is 12.4 Å². The van der Waals surface area contributed by atoms with Crippen LogP contribution in [0.2, 0.25) is 0 Å². The van der Waals surface area contributed by atoms with Gasteiger partial charge >= 0.3 is 11.7 Å². The molecule has 142 valence electrons. The van der Waals surface area contributed by atoms with Crippen molar-refractivity contribution in [1.82, 2.24) is 0 Å². The zero-order valence-electron chi connectivity index (χ0n) is 14.9. The van der Waals surface area contributed by atoms with E-state index >= 15 is 0 Å². The maximum Gasteiger partial charge on any atom is 0.348 e. The van der Waals surface area contributed by atoms with Gasteiger partial charge in [-0.25, -0.2) is 4.79 Å². The van der Waals surface area contributed by atoms with Crippen molar-refractivity contribution in [3.8, 4) is 5.75 Å². The van der Waals surface area contributed by atoms with E-state index in [4.69, 9.17) is 9.47 Å². The van der Waals surface area contributed by atoms with E-state index in [2.05, 4.69) is 5.32 Å². The molecule has 0 fully saturated rings. The highest BCUT2D eigenvalue weighted by atomic mass is 32.1. The topological polar surface area (TPSA) is 108 Å². The fraction of sp³-hybridized carbons (Fsp3) is 0.333. The summed E-state index contributed by atoms with van der Waals surface area (Å²) in [5.74, 6) is -1.03. The van der Waals surface area contributed by atoms with Crippen LogP contribution in [0.15, 0.2) is 18.2 Å². The van der Waals surface area contributed by atoms with Crippen LogP contribution in [0.25, 0.3) is 0 Å². The normalized spacial score (nSPS) is 12.4. The van der Waals surface area contributed by atoms with Gasteiger partial charge in [-0.2, -0.15) is 0 Å². The second kappa shape index (κ2) is 7.75. The number of rotatable bonds is 6. The van der Waals surface area contributed by atoms with Crippen LogP contribution in [0.4, 0.5) is 11.4 Å². The highest BCUT2D eigenvalue weighted by molar-refractivity contribution is 7.14. The first kappa shape index (κ1) is 18.8. The second-order valence-electron chi connectivity index (χ2n) is 6.13. The summed E-state index contributed by atoms with van der Waals surface area (Å²) in [6.45, 7) is 1.18. The van der Waals surface area contributed by atoms with E-state index in [9.17, 15) is 19.7 Å². The van der Waals surface area contributed by atoms with Crippen molar-refractivity contribution in [3.63, 3.8) is 0 Å². The Hall–Kier alpha value is -2.94. The van der Waals surface area contributed by atoms with Gasteiger partial charge in [0.05, 0.1) is 12.0 Å². The molecular weight excluding hydrogens is 372 g/mol. The average molecular weight is 390 g/mol. The van der Waals surface area contributed by atoms with Gasteiger partial charge in [-0.3, -0.25) is 14.9 Å². The van der Waals surface area contributed by atoms with Crippen molar-refractivity contribution in [2.75, 3.05) is 19.0 Å². The summed E-state index contributed by atoms with van der Waals surface area (Å²) in [5.41, 5.74) is 1.85. The molecule has 0 radical (unpaired) electrons. The molecule has 1 aliphatic rings. The van der Waals surface area contributed by atoms with E-state index < -0.39 is 23.4 Å². The predicted octanol–water partition coefficient (Wildman–Crippen LogP) is 3.26. The number of thiophene rings is 1. The quantitative estimate of drug-likeness (QED) is 0.461. The number of nitro groups is 1. The summed E-state index contributed by atoms with van der Waals surface area (Å²) in [7, 11) is 1.31. The molecule has 0 bridgehead atoms. The Bertz CT molecular complexity index is 899. The fourth-order valence-electron chi connectivity index (χ4n) is 2.93. The second-order valence-corrected chi connectivity index (χ2v) is 7.27. The number of aryl methyl sites for hydroxylation is 3. The molecule has 1 aliphatic carbocycles. The number of benzene rings is 1. The predicted molar refractivity (Wildman–Crippen MR) is 99.6 cm³/mol. The summed E-state index contributed by atoms with van der Waals surface area (Å²) >= 11 is 1.41. The number of carbonyl (C=O) groups excluding carboxylic acids is 2. The van der Waals surface area contributed by atoms with Crippen LogP contribution in [0.5, 0.6) is 5.75 Å². The molecule has 3 rings (SSSR count). The van der Waals surface area contributed by atoms with Crippen LogP contribution in [0.3, 0.4) is 0 Å². The number of nitrogens with one attached hydrogen (secondary N) is 1. The highest BCUT2D eigenvalue weighted by Gasteiger charge is 2.21. The lowest BCUT2D eigenvalue weighted by Crippen LogP contribution is -2.21. The van der Waals surface area contributed by atoms with Crippen LogP contribution in [-0.2, 0) is 22.4 Å². The smallest absolute Gasteiger partial charge is 0.348 e. The number of carbonyl (C=O) groups is 2.